The molecule has 0 atom stereocenters. The second-order valence-corrected chi connectivity index (χ2v) is 10.6. The Morgan fingerprint density at radius 2 is 1.72 bits per heavy atom. The van der Waals surface area contributed by atoms with Gasteiger partial charge in [0.15, 0.2) is 5.16 Å². The molecule has 0 fully saturated rings. The van der Waals surface area contributed by atoms with Crippen molar-refractivity contribution in [1.82, 2.24) is 14.6 Å². The first kappa shape index (κ1) is 25.0. The topological polar surface area (TPSA) is 39.4 Å². The minimum atomic E-state index is -0.629. The molecule has 4 nitrogen and oxygen atoms in total. The lowest BCUT2D eigenvalue weighted by Crippen LogP contribution is -1.97. The van der Waals surface area contributed by atoms with Crippen LogP contribution in [0.3, 0.4) is 0 Å². The molecule has 0 saturated carbocycles. The van der Waals surface area contributed by atoms with Crippen LogP contribution >= 0.6 is 46.3 Å². The van der Waals surface area contributed by atoms with E-state index in [1.165, 1.54) is 41.7 Å². The van der Waals surface area contributed by atoms with Crippen molar-refractivity contribution in [3.8, 4) is 17.0 Å². The van der Waals surface area contributed by atoms with Crippen LogP contribution in [-0.4, -0.2) is 21.7 Å². The van der Waals surface area contributed by atoms with Gasteiger partial charge in [-0.25, -0.2) is 13.2 Å². The van der Waals surface area contributed by atoms with Crippen molar-refractivity contribution in [1.29, 1.82) is 0 Å². The molecule has 11 heteroatoms. The third-order valence-corrected chi connectivity index (χ3v) is 8.06. The number of hydrogen-bond donors (Lipinski definition) is 0. The first-order valence-electron chi connectivity index (χ1n) is 10.6. The van der Waals surface area contributed by atoms with Crippen LogP contribution in [0.15, 0.2) is 59.8 Å². The molecule has 0 radical (unpaired) electrons. The van der Waals surface area contributed by atoms with Crippen LogP contribution in [0.25, 0.3) is 16.2 Å². The fourth-order valence-corrected chi connectivity index (χ4v) is 6.35. The van der Waals surface area contributed by atoms with E-state index in [0.29, 0.717) is 38.6 Å². The van der Waals surface area contributed by atoms with E-state index in [4.69, 9.17) is 27.9 Å². The summed E-state index contributed by atoms with van der Waals surface area (Å²) >= 11 is 15.0. The third-order valence-electron chi connectivity index (χ3n) is 5.49. The summed E-state index contributed by atoms with van der Waals surface area (Å²) in [6, 6.07) is 13.7. The lowest BCUT2D eigenvalue weighted by Gasteiger charge is -2.10. The standard InChI is InChI=1S/C25H16Cl2F3N3OS2/c1-34-21-8-5-13(9-17(21)27)10-22-23(14-6-7-20(30)16(26)11-14)33-24(31-32-25(33)36-22)35-12-15-18(28)3-2-4-19(15)29/h2-9,11H,10,12H2,1H3. The molecule has 36 heavy (non-hydrogen) atoms. The highest BCUT2D eigenvalue weighted by Gasteiger charge is 2.22. The molecule has 0 N–H and O–H groups in total. The normalized spacial score (nSPS) is 11.4. The van der Waals surface area contributed by atoms with Gasteiger partial charge in [-0.05, 0) is 48.0 Å². The Morgan fingerprint density at radius 3 is 2.42 bits per heavy atom. The Balaban J connectivity index is 1.60. The van der Waals surface area contributed by atoms with Crippen LogP contribution < -0.4 is 4.74 Å². The van der Waals surface area contributed by atoms with Gasteiger partial charge < -0.3 is 4.74 Å². The van der Waals surface area contributed by atoms with E-state index in [1.807, 2.05) is 12.1 Å². The molecule has 2 heterocycles. The first-order valence-corrected chi connectivity index (χ1v) is 13.1. The Morgan fingerprint density at radius 1 is 0.944 bits per heavy atom. The van der Waals surface area contributed by atoms with Crippen LogP contribution in [0, 0.1) is 17.5 Å². The number of rotatable bonds is 7. The lowest BCUT2D eigenvalue weighted by atomic mass is 10.1. The van der Waals surface area contributed by atoms with Crippen molar-refractivity contribution >= 4 is 51.3 Å². The summed E-state index contributed by atoms with van der Waals surface area (Å²) < 4.78 is 49.4. The number of benzene rings is 3. The van der Waals surface area contributed by atoms with E-state index >= 15 is 0 Å². The molecule has 3 aromatic carbocycles. The number of hydrogen-bond acceptors (Lipinski definition) is 5. The Labute approximate surface area is 222 Å². The van der Waals surface area contributed by atoms with E-state index in [-0.39, 0.29) is 16.3 Å². The number of methoxy groups -OCH3 is 1. The summed E-state index contributed by atoms with van der Waals surface area (Å²) in [5.41, 5.74) is 2.25. The molecule has 0 aliphatic heterocycles. The third kappa shape index (κ3) is 4.80. The highest BCUT2D eigenvalue weighted by Crippen LogP contribution is 2.38. The Bertz CT molecular complexity index is 1570. The number of thiazole rings is 1. The molecule has 0 spiro atoms. The number of ether oxygens (including phenoxy) is 1. The summed E-state index contributed by atoms with van der Waals surface area (Å²) in [5.74, 6) is -1.21. The zero-order valence-electron chi connectivity index (χ0n) is 18.6. The van der Waals surface area contributed by atoms with Crippen LogP contribution in [0.1, 0.15) is 16.0 Å². The fourth-order valence-electron chi connectivity index (χ4n) is 3.76. The fraction of sp³-hybridized carbons (Fsp3) is 0.120. The van der Waals surface area contributed by atoms with Crippen molar-refractivity contribution in [2.75, 3.05) is 7.11 Å². The van der Waals surface area contributed by atoms with Gasteiger partial charge in [0.05, 0.1) is 22.8 Å². The molecule has 0 bridgehead atoms. The molecule has 0 amide bonds. The van der Waals surface area contributed by atoms with E-state index in [2.05, 4.69) is 10.2 Å². The second-order valence-electron chi connectivity index (χ2n) is 7.74. The molecule has 0 aliphatic rings. The summed E-state index contributed by atoms with van der Waals surface area (Å²) in [7, 11) is 1.55. The average Bonchev–Trinajstić information content (AvgIpc) is 3.40. The minimum Gasteiger partial charge on any atom is -0.495 e. The Kier molecular flexibility index (Phi) is 7.16. The SMILES string of the molecule is COc1ccc(Cc2sc3nnc(SCc4c(F)cccc4F)n3c2-c2ccc(F)c(Cl)c2)cc1Cl. The average molecular weight is 566 g/mol. The van der Waals surface area contributed by atoms with E-state index < -0.39 is 17.5 Å². The summed E-state index contributed by atoms with van der Waals surface area (Å²) in [6.45, 7) is 0. The second kappa shape index (κ2) is 10.3. The Hall–Kier alpha value is -2.72. The van der Waals surface area contributed by atoms with Gasteiger partial charge in [-0.2, -0.15) is 0 Å². The summed E-state index contributed by atoms with van der Waals surface area (Å²) in [4.78, 5) is 1.49. The molecular weight excluding hydrogens is 550 g/mol. The van der Waals surface area contributed by atoms with E-state index in [9.17, 15) is 13.2 Å². The maximum atomic E-state index is 14.2. The van der Waals surface area contributed by atoms with Crippen molar-refractivity contribution in [2.24, 2.45) is 0 Å². The molecule has 5 aromatic rings. The summed E-state index contributed by atoms with van der Waals surface area (Å²) in [5, 5.41) is 9.41. The zero-order chi connectivity index (χ0) is 25.4. The van der Waals surface area contributed by atoms with Gasteiger partial charge in [0, 0.05) is 28.2 Å². The maximum absolute atomic E-state index is 14.2. The lowest BCUT2D eigenvalue weighted by molar-refractivity contribution is 0.415. The van der Waals surface area contributed by atoms with Crippen molar-refractivity contribution in [3.63, 3.8) is 0 Å². The van der Waals surface area contributed by atoms with Gasteiger partial charge in [-0.1, -0.05) is 58.4 Å². The van der Waals surface area contributed by atoms with E-state index in [1.54, 1.807) is 23.6 Å². The number of aromatic nitrogens is 3. The molecular formula is C25H16Cl2F3N3OS2. The molecule has 0 aliphatic carbocycles. The van der Waals surface area contributed by atoms with Crippen LogP contribution in [-0.2, 0) is 12.2 Å². The molecule has 184 valence electrons. The highest BCUT2D eigenvalue weighted by molar-refractivity contribution is 7.98. The largest absolute Gasteiger partial charge is 0.495 e. The predicted octanol–water partition coefficient (Wildman–Crippen LogP) is 8.07. The maximum Gasteiger partial charge on any atom is 0.217 e. The van der Waals surface area contributed by atoms with Crippen LogP contribution in [0.4, 0.5) is 13.2 Å². The monoisotopic (exact) mass is 565 g/mol. The van der Waals surface area contributed by atoms with Gasteiger partial charge in [-0.3, -0.25) is 4.40 Å². The zero-order valence-corrected chi connectivity index (χ0v) is 21.7. The van der Waals surface area contributed by atoms with Gasteiger partial charge >= 0.3 is 0 Å². The van der Waals surface area contributed by atoms with Gasteiger partial charge in [0.25, 0.3) is 0 Å². The summed E-state index contributed by atoms with van der Waals surface area (Å²) in [6.07, 6.45) is 0.494. The smallest absolute Gasteiger partial charge is 0.217 e. The number of nitrogens with zero attached hydrogens (tertiary/aromatic N) is 3. The molecule has 2 aromatic heterocycles. The number of fused-ring (bicyclic) bond motifs is 1. The molecule has 0 saturated heterocycles. The van der Waals surface area contributed by atoms with Gasteiger partial charge in [0.1, 0.15) is 23.2 Å². The quantitative estimate of drug-likeness (QED) is 0.187. The van der Waals surface area contributed by atoms with E-state index in [0.717, 1.165) is 22.2 Å². The predicted molar refractivity (Wildman–Crippen MR) is 138 cm³/mol. The number of halogens is 5. The highest BCUT2D eigenvalue weighted by atomic mass is 35.5. The van der Waals surface area contributed by atoms with Crippen molar-refractivity contribution < 1.29 is 17.9 Å². The van der Waals surface area contributed by atoms with Crippen molar-refractivity contribution in [2.45, 2.75) is 17.3 Å². The number of thioether (sulfide) groups is 1. The van der Waals surface area contributed by atoms with Crippen LogP contribution in [0.2, 0.25) is 10.0 Å². The first-order chi connectivity index (χ1) is 17.4. The van der Waals surface area contributed by atoms with Gasteiger partial charge in [0.2, 0.25) is 4.96 Å². The molecule has 5 rings (SSSR count). The molecule has 0 unspecified atom stereocenters. The van der Waals surface area contributed by atoms with Crippen LogP contribution in [0.5, 0.6) is 5.75 Å². The van der Waals surface area contributed by atoms with Crippen molar-refractivity contribution in [3.05, 3.63) is 98.1 Å². The minimum absolute atomic E-state index is 0.0161. The van der Waals surface area contributed by atoms with Gasteiger partial charge in [-0.15, -0.1) is 10.2 Å².